The molecule has 2 amide bonds. The summed E-state index contributed by atoms with van der Waals surface area (Å²) in [6.07, 6.45) is 1.50. The molecular weight excluding hydrogens is 320 g/mol. The second-order valence-corrected chi connectivity index (χ2v) is 6.12. The van der Waals surface area contributed by atoms with Gasteiger partial charge in [0, 0.05) is 5.75 Å². The molecule has 0 saturated carbocycles. The number of carbonyl (C=O) groups excluding carboxylic acids is 2. The fourth-order valence-electron chi connectivity index (χ4n) is 2.42. The zero-order valence-corrected chi connectivity index (χ0v) is 12.8. The van der Waals surface area contributed by atoms with Gasteiger partial charge < -0.3 is 15.2 Å². The van der Waals surface area contributed by atoms with E-state index in [1.165, 1.54) is 22.7 Å². The number of carboxylic acid groups (broad SMARTS) is 1. The summed E-state index contributed by atoms with van der Waals surface area (Å²) in [5, 5.41) is 11.3. The third-order valence-electron chi connectivity index (χ3n) is 3.50. The summed E-state index contributed by atoms with van der Waals surface area (Å²) in [5.74, 6) is -0.917. The number of hydrogen-bond donors (Lipinski definition) is 2. The number of rotatable bonds is 5. The Kier molecular flexibility index (Phi) is 4.24. The van der Waals surface area contributed by atoms with Crippen molar-refractivity contribution in [3.8, 4) is 5.75 Å². The summed E-state index contributed by atoms with van der Waals surface area (Å²) in [4.78, 5) is 36.3. The Morgan fingerprint density at radius 3 is 2.78 bits per heavy atom. The molecule has 0 radical (unpaired) electrons. The average molecular weight is 334 g/mol. The summed E-state index contributed by atoms with van der Waals surface area (Å²) >= 11 is 1.41. The smallest absolute Gasteiger partial charge is 0.352 e. The minimum Gasteiger partial charge on any atom is -0.484 e. The van der Waals surface area contributed by atoms with Crippen LogP contribution in [-0.2, 0) is 14.4 Å². The molecule has 1 fully saturated rings. The van der Waals surface area contributed by atoms with Crippen LogP contribution < -0.4 is 10.1 Å². The van der Waals surface area contributed by atoms with E-state index in [4.69, 9.17) is 9.84 Å². The number of para-hydroxylation sites is 1. The summed E-state index contributed by atoms with van der Waals surface area (Å²) < 4.78 is 5.32. The van der Waals surface area contributed by atoms with Crippen molar-refractivity contribution in [3.63, 3.8) is 0 Å². The number of hydrogen-bond acceptors (Lipinski definition) is 5. The van der Waals surface area contributed by atoms with Gasteiger partial charge in [-0.2, -0.15) is 0 Å². The van der Waals surface area contributed by atoms with Crippen LogP contribution in [0.4, 0.5) is 0 Å². The predicted octanol–water partition coefficient (Wildman–Crippen LogP) is 0.434. The minimum atomic E-state index is -1.14. The quantitative estimate of drug-likeness (QED) is 0.759. The Labute approximate surface area is 136 Å². The highest BCUT2D eigenvalue weighted by atomic mass is 32.2. The molecule has 1 saturated heterocycles. The lowest BCUT2D eigenvalue weighted by Gasteiger charge is -2.48. The number of β-lactam (4-membered cyclic amide) rings is 1. The molecule has 2 heterocycles. The van der Waals surface area contributed by atoms with Crippen molar-refractivity contribution in [2.24, 2.45) is 0 Å². The van der Waals surface area contributed by atoms with Crippen LogP contribution in [-0.4, -0.2) is 51.6 Å². The third-order valence-corrected chi connectivity index (χ3v) is 4.68. The van der Waals surface area contributed by atoms with Gasteiger partial charge in [0.1, 0.15) is 22.9 Å². The lowest BCUT2D eigenvalue weighted by Crippen LogP contribution is -2.70. The van der Waals surface area contributed by atoms with Crippen LogP contribution in [0.2, 0.25) is 0 Å². The minimum absolute atomic E-state index is 0.0233. The average Bonchev–Trinajstić information content (AvgIpc) is 2.57. The summed E-state index contributed by atoms with van der Waals surface area (Å²) in [6, 6.07) is 8.16. The lowest BCUT2D eigenvalue weighted by atomic mass is 10.1. The van der Waals surface area contributed by atoms with Gasteiger partial charge in [-0.05, 0) is 18.2 Å². The van der Waals surface area contributed by atoms with Crippen molar-refractivity contribution in [2.45, 2.75) is 11.4 Å². The van der Waals surface area contributed by atoms with Gasteiger partial charge in [-0.25, -0.2) is 4.79 Å². The Hall–Kier alpha value is -2.48. The fourth-order valence-corrected chi connectivity index (χ4v) is 3.61. The first-order chi connectivity index (χ1) is 11.1. The highest BCUT2D eigenvalue weighted by Gasteiger charge is 2.52. The number of aliphatic carboxylic acids is 1. The van der Waals surface area contributed by atoms with E-state index in [0.717, 1.165) is 0 Å². The molecule has 3 rings (SSSR count). The third kappa shape index (κ3) is 3.02. The van der Waals surface area contributed by atoms with E-state index >= 15 is 0 Å². The van der Waals surface area contributed by atoms with Crippen LogP contribution >= 0.6 is 11.8 Å². The van der Waals surface area contributed by atoms with E-state index in [2.05, 4.69) is 5.32 Å². The monoisotopic (exact) mass is 334 g/mol. The molecule has 8 heteroatoms. The molecule has 0 spiro atoms. The summed E-state index contributed by atoms with van der Waals surface area (Å²) in [5.41, 5.74) is -0.0233. The second-order valence-electron chi connectivity index (χ2n) is 4.97. The molecule has 7 nitrogen and oxygen atoms in total. The van der Waals surface area contributed by atoms with E-state index in [0.29, 0.717) is 11.5 Å². The van der Waals surface area contributed by atoms with Crippen molar-refractivity contribution >= 4 is 29.5 Å². The number of benzene rings is 1. The number of fused-ring (bicyclic) bond motifs is 1. The van der Waals surface area contributed by atoms with Crippen LogP contribution in [0.25, 0.3) is 0 Å². The SMILES string of the molecule is O=C(COc1ccccc1)NC1C(=O)N2C(C(=O)O)=CCS[C@H]12. The van der Waals surface area contributed by atoms with Crippen molar-refractivity contribution in [2.75, 3.05) is 12.4 Å². The number of carbonyl (C=O) groups is 3. The molecule has 2 N–H and O–H groups in total. The van der Waals surface area contributed by atoms with Crippen molar-refractivity contribution in [3.05, 3.63) is 42.1 Å². The maximum Gasteiger partial charge on any atom is 0.352 e. The van der Waals surface area contributed by atoms with E-state index in [1.54, 1.807) is 24.3 Å². The number of thioether (sulfide) groups is 1. The van der Waals surface area contributed by atoms with Crippen LogP contribution in [0.3, 0.4) is 0 Å². The molecule has 1 aromatic rings. The molecule has 1 aromatic carbocycles. The number of ether oxygens (including phenoxy) is 1. The van der Waals surface area contributed by atoms with E-state index < -0.39 is 23.8 Å². The van der Waals surface area contributed by atoms with E-state index in [-0.39, 0.29) is 17.7 Å². The van der Waals surface area contributed by atoms with Gasteiger partial charge in [0.05, 0.1) is 0 Å². The van der Waals surface area contributed by atoms with Crippen molar-refractivity contribution in [1.29, 1.82) is 0 Å². The predicted molar refractivity (Wildman–Crippen MR) is 82.7 cm³/mol. The summed E-state index contributed by atoms with van der Waals surface area (Å²) in [6.45, 7) is -0.202. The first kappa shape index (κ1) is 15.4. The second kappa shape index (κ2) is 6.33. The van der Waals surface area contributed by atoms with Crippen LogP contribution in [0.1, 0.15) is 0 Å². The Morgan fingerprint density at radius 2 is 2.09 bits per heavy atom. The van der Waals surface area contributed by atoms with Gasteiger partial charge in [0.15, 0.2) is 6.61 Å². The maximum atomic E-state index is 12.1. The van der Waals surface area contributed by atoms with Crippen LogP contribution in [0.5, 0.6) is 5.75 Å². The number of amides is 2. The Bertz CT molecular complexity index is 676. The Morgan fingerprint density at radius 1 is 1.35 bits per heavy atom. The maximum absolute atomic E-state index is 12.1. The fraction of sp³-hybridized carbons (Fsp3) is 0.267. The van der Waals surface area contributed by atoms with Crippen molar-refractivity contribution in [1.82, 2.24) is 10.2 Å². The molecule has 2 aliphatic rings. The highest BCUT2D eigenvalue weighted by molar-refractivity contribution is 8.00. The van der Waals surface area contributed by atoms with E-state index in [1.807, 2.05) is 6.07 Å². The molecule has 2 atom stereocenters. The van der Waals surface area contributed by atoms with Gasteiger partial charge in [-0.1, -0.05) is 18.2 Å². The first-order valence-corrected chi connectivity index (χ1v) is 7.98. The molecular formula is C15H14N2O5S. The normalized spacial score (nSPS) is 22.5. The molecule has 0 aliphatic carbocycles. The number of carboxylic acids is 1. The van der Waals surface area contributed by atoms with Gasteiger partial charge in [-0.3, -0.25) is 14.5 Å². The van der Waals surface area contributed by atoms with Crippen LogP contribution in [0, 0.1) is 0 Å². The lowest BCUT2D eigenvalue weighted by molar-refractivity contribution is -0.150. The molecule has 0 bridgehead atoms. The van der Waals surface area contributed by atoms with Gasteiger partial charge >= 0.3 is 5.97 Å². The first-order valence-electron chi connectivity index (χ1n) is 6.93. The zero-order valence-electron chi connectivity index (χ0n) is 12.0. The van der Waals surface area contributed by atoms with Gasteiger partial charge in [0.25, 0.3) is 11.8 Å². The molecule has 0 aromatic heterocycles. The zero-order chi connectivity index (χ0) is 16.4. The van der Waals surface area contributed by atoms with Crippen molar-refractivity contribution < 1.29 is 24.2 Å². The number of nitrogens with one attached hydrogen (secondary N) is 1. The highest BCUT2D eigenvalue weighted by Crippen LogP contribution is 2.37. The molecule has 23 heavy (non-hydrogen) atoms. The van der Waals surface area contributed by atoms with Gasteiger partial charge in [-0.15, -0.1) is 11.8 Å². The number of nitrogens with zero attached hydrogens (tertiary/aromatic N) is 1. The molecule has 1 unspecified atom stereocenters. The largest absolute Gasteiger partial charge is 0.484 e. The topological polar surface area (TPSA) is 95.9 Å². The Balaban J connectivity index is 1.55. The molecule has 120 valence electrons. The standard InChI is InChI=1S/C15H14N2O5S/c18-11(8-22-9-4-2-1-3-5-9)16-12-13(19)17-10(15(20)21)6-7-23-14(12)17/h1-6,12,14H,7-8H2,(H,16,18)(H,20,21)/t12?,14-/m1/s1. The summed E-state index contributed by atoms with van der Waals surface area (Å²) in [7, 11) is 0. The molecule has 2 aliphatic heterocycles. The van der Waals surface area contributed by atoms with Crippen LogP contribution in [0.15, 0.2) is 42.1 Å². The van der Waals surface area contributed by atoms with E-state index in [9.17, 15) is 14.4 Å². The van der Waals surface area contributed by atoms with Gasteiger partial charge in [0.2, 0.25) is 0 Å².